The molecule has 0 unspecified atom stereocenters. The Morgan fingerprint density at radius 2 is 1.80 bits per heavy atom. The molecule has 0 aliphatic carbocycles. The van der Waals surface area contributed by atoms with Crippen LogP contribution >= 0.6 is 0 Å². The molecule has 0 atom stereocenters. The molecule has 0 bridgehead atoms. The zero-order chi connectivity index (χ0) is 18.4. The van der Waals surface area contributed by atoms with Crippen LogP contribution in [-0.4, -0.2) is 32.7 Å². The molecule has 0 aromatic heterocycles. The number of esters is 1. The number of rotatable bonds is 6. The van der Waals surface area contributed by atoms with Crippen molar-refractivity contribution in [1.29, 1.82) is 0 Å². The van der Waals surface area contributed by atoms with Gasteiger partial charge in [0.1, 0.15) is 0 Å². The highest BCUT2D eigenvalue weighted by Gasteiger charge is 2.14. The van der Waals surface area contributed by atoms with E-state index in [9.17, 15) is 9.59 Å². The fourth-order valence-electron chi connectivity index (χ4n) is 2.33. The SMILES string of the molecule is COC(=O)c1cccc(NC(=O)COc2ccc(C)cc2OC)c1C. The molecular weight excluding hydrogens is 322 g/mol. The summed E-state index contributed by atoms with van der Waals surface area (Å²) in [6.45, 7) is 3.50. The van der Waals surface area contributed by atoms with Crippen LogP contribution < -0.4 is 14.8 Å². The lowest BCUT2D eigenvalue weighted by Gasteiger charge is -2.13. The Morgan fingerprint density at radius 3 is 2.48 bits per heavy atom. The molecule has 0 fully saturated rings. The summed E-state index contributed by atoms with van der Waals surface area (Å²) in [5.74, 6) is 0.266. The molecule has 6 heteroatoms. The number of benzene rings is 2. The van der Waals surface area contributed by atoms with Crippen molar-refractivity contribution in [2.24, 2.45) is 0 Å². The van der Waals surface area contributed by atoms with Crippen LogP contribution in [0.2, 0.25) is 0 Å². The Hall–Kier alpha value is -3.02. The van der Waals surface area contributed by atoms with E-state index in [2.05, 4.69) is 5.32 Å². The highest BCUT2D eigenvalue weighted by atomic mass is 16.5. The van der Waals surface area contributed by atoms with Crippen molar-refractivity contribution in [2.75, 3.05) is 26.1 Å². The molecule has 0 heterocycles. The highest BCUT2D eigenvalue weighted by molar-refractivity contribution is 5.97. The van der Waals surface area contributed by atoms with Crippen molar-refractivity contribution in [1.82, 2.24) is 0 Å². The lowest BCUT2D eigenvalue weighted by Crippen LogP contribution is -2.21. The van der Waals surface area contributed by atoms with Gasteiger partial charge in [-0.1, -0.05) is 12.1 Å². The zero-order valence-electron chi connectivity index (χ0n) is 14.7. The van der Waals surface area contributed by atoms with Gasteiger partial charge in [0, 0.05) is 5.69 Å². The summed E-state index contributed by atoms with van der Waals surface area (Å²) in [4.78, 5) is 23.9. The first-order valence-electron chi connectivity index (χ1n) is 7.71. The van der Waals surface area contributed by atoms with Crippen LogP contribution in [0.5, 0.6) is 11.5 Å². The topological polar surface area (TPSA) is 73.9 Å². The monoisotopic (exact) mass is 343 g/mol. The van der Waals surface area contributed by atoms with Gasteiger partial charge in [0.25, 0.3) is 5.91 Å². The number of methoxy groups -OCH3 is 2. The molecule has 2 aromatic rings. The molecule has 0 spiro atoms. The third-order valence-corrected chi connectivity index (χ3v) is 3.69. The Balaban J connectivity index is 2.05. The second-order valence-electron chi connectivity index (χ2n) is 5.46. The van der Waals surface area contributed by atoms with Crippen molar-refractivity contribution < 1.29 is 23.8 Å². The van der Waals surface area contributed by atoms with Gasteiger partial charge in [0.05, 0.1) is 19.8 Å². The number of nitrogens with one attached hydrogen (secondary N) is 1. The third kappa shape index (κ3) is 4.50. The van der Waals surface area contributed by atoms with E-state index in [1.807, 2.05) is 19.1 Å². The summed E-state index contributed by atoms with van der Waals surface area (Å²) in [6.07, 6.45) is 0. The van der Waals surface area contributed by atoms with E-state index >= 15 is 0 Å². The van der Waals surface area contributed by atoms with Crippen molar-refractivity contribution in [3.05, 3.63) is 53.1 Å². The Kier molecular flexibility index (Phi) is 6.00. The van der Waals surface area contributed by atoms with Crippen LogP contribution in [0.1, 0.15) is 21.5 Å². The molecule has 6 nitrogen and oxygen atoms in total. The molecule has 0 aliphatic rings. The first-order valence-corrected chi connectivity index (χ1v) is 7.71. The number of amides is 1. The van der Waals surface area contributed by atoms with Crippen molar-refractivity contribution >= 4 is 17.6 Å². The maximum Gasteiger partial charge on any atom is 0.338 e. The zero-order valence-corrected chi connectivity index (χ0v) is 14.7. The van der Waals surface area contributed by atoms with E-state index in [4.69, 9.17) is 14.2 Å². The van der Waals surface area contributed by atoms with Gasteiger partial charge >= 0.3 is 5.97 Å². The lowest BCUT2D eigenvalue weighted by atomic mass is 10.1. The maximum atomic E-state index is 12.2. The lowest BCUT2D eigenvalue weighted by molar-refractivity contribution is -0.118. The quantitative estimate of drug-likeness (QED) is 0.816. The predicted octanol–water partition coefficient (Wildman–Crippen LogP) is 3.12. The highest BCUT2D eigenvalue weighted by Crippen LogP contribution is 2.27. The molecular formula is C19H21NO5. The van der Waals surface area contributed by atoms with Crippen molar-refractivity contribution in [2.45, 2.75) is 13.8 Å². The second-order valence-corrected chi connectivity index (χ2v) is 5.46. The first kappa shape index (κ1) is 18.3. The molecule has 132 valence electrons. The fraction of sp³-hybridized carbons (Fsp3) is 0.263. The molecule has 0 saturated carbocycles. The number of aryl methyl sites for hydroxylation is 1. The largest absolute Gasteiger partial charge is 0.493 e. The fourth-order valence-corrected chi connectivity index (χ4v) is 2.33. The van der Waals surface area contributed by atoms with E-state index in [1.165, 1.54) is 7.11 Å². The number of ether oxygens (including phenoxy) is 3. The average Bonchev–Trinajstić information content (AvgIpc) is 2.61. The molecule has 0 saturated heterocycles. The molecule has 2 rings (SSSR count). The molecule has 0 aliphatic heterocycles. The normalized spacial score (nSPS) is 10.1. The van der Waals surface area contributed by atoms with Crippen LogP contribution in [-0.2, 0) is 9.53 Å². The van der Waals surface area contributed by atoms with Crippen LogP contribution in [0.4, 0.5) is 5.69 Å². The van der Waals surface area contributed by atoms with Gasteiger partial charge < -0.3 is 19.5 Å². The van der Waals surface area contributed by atoms with Crippen LogP contribution in [0.15, 0.2) is 36.4 Å². The van der Waals surface area contributed by atoms with Crippen LogP contribution in [0.25, 0.3) is 0 Å². The predicted molar refractivity (Wildman–Crippen MR) is 94.4 cm³/mol. The van der Waals surface area contributed by atoms with Gasteiger partial charge in [-0.2, -0.15) is 0 Å². The minimum atomic E-state index is -0.450. The second kappa shape index (κ2) is 8.19. The Labute approximate surface area is 146 Å². The molecule has 0 radical (unpaired) electrons. The first-order chi connectivity index (χ1) is 12.0. The minimum absolute atomic E-state index is 0.179. The van der Waals surface area contributed by atoms with E-state index in [0.717, 1.165) is 5.56 Å². The van der Waals surface area contributed by atoms with Gasteiger partial charge in [-0.05, 0) is 49.2 Å². The molecule has 25 heavy (non-hydrogen) atoms. The van der Waals surface area contributed by atoms with Gasteiger partial charge in [0.15, 0.2) is 18.1 Å². The van der Waals surface area contributed by atoms with Crippen LogP contribution in [0.3, 0.4) is 0 Å². The third-order valence-electron chi connectivity index (χ3n) is 3.69. The number of anilines is 1. The number of hydrogen-bond donors (Lipinski definition) is 1. The summed E-state index contributed by atoms with van der Waals surface area (Å²) in [6, 6.07) is 10.5. The average molecular weight is 343 g/mol. The summed E-state index contributed by atoms with van der Waals surface area (Å²) >= 11 is 0. The Morgan fingerprint density at radius 1 is 1.04 bits per heavy atom. The van der Waals surface area contributed by atoms with Gasteiger partial charge in [-0.3, -0.25) is 4.79 Å². The summed E-state index contributed by atoms with van der Waals surface area (Å²) in [7, 11) is 2.86. The smallest absolute Gasteiger partial charge is 0.338 e. The summed E-state index contributed by atoms with van der Waals surface area (Å²) in [5, 5.41) is 2.74. The van der Waals surface area contributed by atoms with E-state index in [0.29, 0.717) is 28.3 Å². The number of carbonyl (C=O) groups is 2. The van der Waals surface area contributed by atoms with Crippen molar-refractivity contribution in [3.63, 3.8) is 0 Å². The Bertz CT molecular complexity index is 785. The van der Waals surface area contributed by atoms with E-state index < -0.39 is 5.97 Å². The minimum Gasteiger partial charge on any atom is -0.493 e. The molecule has 1 N–H and O–H groups in total. The summed E-state index contributed by atoms with van der Waals surface area (Å²) in [5.41, 5.74) is 2.60. The van der Waals surface area contributed by atoms with E-state index in [1.54, 1.807) is 38.3 Å². The number of hydrogen-bond acceptors (Lipinski definition) is 5. The number of carbonyl (C=O) groups excluding carboxylic acids is 2. The van der Waals surface area contributed by atoms with Crippen molar-refractivity contribution in [3.8, 4) is 11.5 Å². The van der Waals surface area contributed by atoms with E-state index in [-0.39, 0.29) is 12.5 Å². The molecule has 1 amide bonds. The molecule has 2 aromatic carbocycles. The van der Waals surface area contributed by atoms with Gasteiger partial charge in [0.2, 0.25) is 0 Å². The van der Waals surface area contributed by atoms with Crippen LogP contribution in [0, 0.1) is 13.8 Å². The standard InChI is InChI=1S/C19H21NO5/c1-12-8-9-16(17(10-12)23-3)25-11-18(21)20-15-7-5-6-14(13(15)2)19(22)24-4/h5-10H,11H2,1-4H3,(H,20,21). The van der Waals surface area contributed by atoms with Gasteiger partial charge in [-0.25, -0.2) is 4.79 Å². The van der Waals surface area contributed by atoms with Gasteiger partial charge in [-0.15, -0.1) is 0 Å². The maximum absolute atomic E-state index is 12.2. The summed E-state index contributed by atoms with van der Waals surface area (Å²) < 4.78 is 15.5.